The second-order valence-electron chi connectivity index (χ2n) is 8.13. The first-order valence-corrected chi connectivity index (χ1v) is 11.0. The van der Waals surface area contributed by atoms with Gasteiger partial charge in [0.05, 0.1) is 11.4 Å². The average Bonchev–Trinajstić information content (AvgIpc) is 3.26. The largest absolute Gasteiger partial charge is 0.457 e. The van der Waals surface area contributed by atoms with Crippen LogP contribution in [-0.2, 0) is 0 Å². The fourth-order valence-electron chi connectivity index (χ4n) is 4.33. The number of aliphatic hydroxyl groups is 1. The maximum absolute atomic E-state index is 10.2. The van der Waals surface area contributed by atoms with Gasteiger partial charge in [-0.05, 0) is 55.3 Å². The van der Waals surface area contributed by atoms with Gasteiger partial charge in [-0.2, -0.15) is 5.10 Å². The number of para-hydroxylation sites is 1. The average molecular weight is 443 g/mol. The van der Waals surface area contributed by atoms with Gasteiger partial charge < -0.3 is 15.6 Å². The molecule has 3 heterocycles. The molecular formula is C25H26N6O2. The number of piperidine rings is 1. The number of anilines is 1. The van der Waals surface area contributed by atoms with Gasteiger partial charge in [-0.15, -0.1) is 0 Å². The zero-order valence-corrected chi connectivity index (χ0v) is 18.2. The highest BCUT2D eigenvalue weighted by Crippen LogP contribution is 2.35. The van der Waals surface area contributed by atoms with Gasteiger partial charge in [0, 0.05) is 18.7 Å². The number of likely N-dealkylation sites (tertiary alicyclic amines) is 1. The van der Waals surface area contributed by atoms with Gasteiger partial charge in [0.2, 0.25) is 0 Å². The van der Waals surface area contributed by atoms with Crippen molar-refractivity contribution in [2.45, 2.75) is 25.1 Å². The van der Waals surface area contributed by atoms with Crippen LogP contribution in [0.15, 0.2) is 73.6 Å². The summed E-state index contributed by atoms with van der Waals surface area (Å²) >= 11 is 0. The summed E-state index contributed by atoms with van der Waals surface area (Å²) in [5.74, 6) is 1.91. The summed E-state index contributed by atoms with van der Waals surface area (Å²) in [4.78, 5) is 10.7. The third kappa shape index (κ3) is 4.18. The molecule has 8 nitrogen and oxygen atoms in total. The lowest BCUT2D eigenvalue weighted by molar-refractivity contribution is 0.0127. The van der Waals surface area contributed by atoms with Crippen LogP contribution in [-0.4, -0.2) is 49.1 Å². The highest BCUT2D eigenvalue weighted by atomic mass is 16.5. The van der Waals surface area contributed by atoms with E-state index in [1.165, 1.54) is 6.33 Å². The fourth-order valence-corrected chi connectivity index (χ4v) is 4.33. The quantitative estimate of drug-likeness (QED) is 0.435. The minimum atomic E-state index is -0.675. The molecule has 0 aliphatic carbocycles. The predicted octanol–water partition coefficient (Wildman–Crippen LogP) is 4.01. The van der Waals surface area contributed by atoms with E-state index >= 15 is 0 Å². The summed E-state index contributed by atoms with van der Waals surface area (Å²) in [6.45, 7) is 5.18. The Bertz CT molecular complexity index is 1260. The Kier molecular flexibility index (Phi) is 5.77. The van der Waals surface area contributed by atoms with E-state index < -0.39 is 6.23 Å². The molecule has 1 aliphatic rings. The summed E-state index contributed by atoms with van der Waals surface area (Å²) in [5.41, 5.74) is 8.60. The Morgan fingerprint density at radius 3 is 2.61 bits per heavy atom. The summed E-state index contributed by atoms with van der Waals surface area (Å²) in [5, 5.41) is 15.9. The second kappa shape index (κ2) is 9.01. The van der Waals surface area contributed by atoms with Gasteiger partial charge in [-0.3, -0.25) is 4.90 Å². The van der Waals surface area contributed by atoms with Crippen molar-refractivity contribution in [3.05, 3.63) is 73.6 Å². The van der Waals surface area contributed by atoms with E-state index in [2.05, 4.69) is 16.5 Å². The summed E-state index contributed by atoms with van der Waals surface area (Å²) in [6, 6.07) is 17.5. The third-order valence-electron chi connectivity index (χ3n) is 5.98. The Hall–Kier alpha value is -3.75. The monoisotopic (exact) mass is 442 g/mol. The second-order valence-corrected chi connectivity index (χ2v) is 8.13. The molecule has 0 saturated carbocycles. The molecule has 2 atom stereocenters. The van der Waals surface area contributed by atoms with Crippen molar-refractivity contribution in [1.82, 2.24) is 24.6 Å². The zero-order valence-electron chi connectivity index (χ0n) is 18.2. The number of benzene rings is 2. The van der Waals surface area contributed by atoms with Crippen molar-refractivity contribution >= 4 is 16.9 Å². The number of hydrogen-bond acceptors (Lipinski definition) is 7. The number of nitrogens with two attached hydrogens (primary N) is 1. The summed E-state index contributed by atoms with van der Waals surface area (Å²) in [7, 11) is 0. The fraction of sp³-hybridized carbons (Fsp3) is 0.240. The SMILES string of the molecule is C=C[C@@H](O)N1CCC[C@@H](n2nc(-c3ccc(Oc4ccccc4)cc3)c3c(N)ncnc32)C1. The van der Waals surface area contributed by atoms with E-state index in [-0.39, 0.29) is 6.04 Å². The first-order chi connectivity index (χ1) is 16.1. The van der Waals surface area contributed by atoms with E-state index in [1.807, 2.05) is 64.2 Å². The highest BCUT2D eigenvalue weighted by molar-refractivity contribution is 5.98. The third-order valence-corrected chi connectivity index (χ3v) is 5.98. The number of aromatic nitrogens is 4. The minimum Gasteiger partial charge on any atom is -0.457 e. The molecule has 4 aromatic rings. The lowest BCUT2D eigenvalue weighted by Gasteiger charge is -2.34. The number of nitrogens with zero attached hydrogens (tertiary/aromatic N) is 5. The van der Waals surface area contributed by atoms with Crippen LogP contribution in [0.4, 0.5) is 5.82 Å². The molecule has 1 aliphatic heterocycles. The molecule has 33 heavy (non-hydrogen) atoms. The molecule has 2 aromatic carbocycles. The van der Waals surface area contributed by atoms with Crippen LogP contribution in [0.3, 0.4) is 0 Å². The molecule has 8 heteroatoms. The molecule has 168 valence electrons. The maximum Gasteiger partial charge on any atom is 0.164 e. The number of nitrogen functional groups attached to an aromatic ring is 1. The molecular weight excluding hydrogens is 416 g/mol. The van der Waals surface area contributed by atoms with Crippen LogP contribution in [0, 0.1) is 0 Å². The molecule has 0 amide bonds. The normalized spacial score (nSPS) is 17.7. The number of rotatable bonds is 6. The van der Waals surface area contributed by atoms with Crippen molar-refractivity contribution in [3.63, 3.8) is 0 Å². The van der Waals surface area contributed by atoms with E-state index in [4.69, 9.17) is 15.6 Å². The van der Waals surface area contributed by atoms with Crippen molar-refractivity contribution in [3.8, 4) is 22.8 Å². The van der Waals surface area contributed by atoms with E-state index in [0.717, 1.165) is 47.5 Å². The highest BCUT2D eigenvalue weighted by Gasteiger charge is 2.28. The Morgan fingerprint density at radius 2 is 1.85 bits per heavy atom. The Balaban J connectivity index is 1.49. The molecule has 0 radical (unpaired) electrons. The Morgan fingerprint density at radius 1 is 1.09 bits per heavy atom. The van der Waals surface area contributed by atoms with Crippen molar-refractivity contribution in [1.29, 1.82) is 0 Å². The maximum atomic E-state index is 10.2. The van der Waals surface area contributed by atoms with Gasteiger partial charge in [-0.1, -0.05) is 24.8 Å². The van der Waals surface area contributed by atoms with Crippen LogP contribution in [0.1, 0.15) is 18.9 Å². The Labute approximate surface area is 192 Å². The van der Waals surface area contributed by atoms with Crippen LogP contribution >= 0.6 is 0 Å². The zero-order chi connectivity index (χ0) is 22.8. The topological polar surface area (TPSA) is 102 Å². The first kappa shape index (κ1) is 21.1. The van der Waals surface area contributed by atoms with Crippen LogP contribution < -0.4 is 10.5 Å². The molecule has 0 unspecified atom stereocenters. The van der Waals surface area contributed by atoms with Gasteiger partial charge in [0.15, 0.2) is 5.65 Å². The molecule has 1 saturated heterocycles. The molecule has 0 spiro atoms. The molecule has 2 aromatic heterocycles. The first-order valence-electron chi connectivity index (χ1n) is 11.0. The van der Waals surface area contributed by atoms with Gasteiger partial charge in [0.1, 0.15) is 35.6 Å². The van der Waals surface area contributed by atoms with Gasteiger partial charge >= 0.3 is 0 Å². The van der Waals surface area contributed by atoms with E-state index in [9.17, 15) is 5.11 Å². The lowest BCUT2D eigenvalue weighted by Crippen LogP contribution is -2.42. The van der Waals surface area contributed by atoms with Crippen molar-refractivity contribution < 1.29 is 9.84 Å². The molecule has 3 N–H and O–H groups in total. The smallest absolute Gasteiger partial charge is 0.164 e. The van der Waals surface area contributed by atoms with Crippen LogP contribution in [0.5, 0.6) is 11.5 Å². The number of aliphatic hydroxyl groups excluding tert-OH is 1. The molecule has 5 rings (SSSR count). The van der Waals surface area contributed by atoms with Gasteiger partial charge in [0.25, 0.3) is 0 Å². The number of hydrogen-bond donors (Lipinski definition) is 2. The summed E-state index contributed by atoms with van der Waals surface area (Å²) in [6.07, 6.45) is 4.22. The van der Waals surface area contributed by atoms with Crippen LogP contribution in [0.25, 0.3) is 22.3 Å². The van der Waals surface area contributed by atoms with Crippen molar-refractivity contribution in [2.75, 3.05) is 18.8 Å². The van der Waals surface area contributed by atoms with Crippen molar-refractivity contribution in [2.24, 2.45) is 0 Å². The minimum absolute atomic E-state index is 0.0552. The standard InChI is InChI=1S/C25H26N6O2/c1-2-21(32)30-14-6-7-18(15-30)31-25-22(24(26)27-16-28-25)23(29-31)17-10-12-20(13-11-17)33-19-8-4-3-5-9-19/h2-5,8-13,16,18,21,32H,1,6-7,14-15H2,(H2,26,27,28)/t18-,21-/m1/s1. The van der Waals surface area contributed by atoms with E-state index in [0.29, 0.717) is 18.0 Å². The van der Waals surface area contributed by atoms with Gasteiger partial charge in [-0.25, -0.2) is 14.6 Å². The molecule has 1 fully saturated rings. The van der Waals surface area contributed by atoms with Crippen LogP contribution in [0.2, 0.25) is 0 Å². The number of fused-ring (bicyclic) bond motifs is 1. The molecule has 0 bridgehead atoms. The van der Waals surface area contributed by atoms with E-state index in [1.54, 1.807) is 6.08 Å². The summed E-state index contributed by atoms with van der Waals surface area (Å²) < 4.78 is 7.84. The number of ether oxygens (including phenoxy) is 1. The lowest BCUT2D eigenvalue weighted by atomic mass is 10.1. The predicted molar refractivity (Wildman–Crippen MR) is 128 cm³/mol.